The van der Waals surface area contributed by atoms with E-state index in [1.54, 1.807) is 6.08 Å². The number of nitrogens with one attached hydrogen (secondary N) is 1. The van der Waals surface area contributed by atoms with Crippen molar-refractivity contribution in [2.45, 2.75) is 32.6 Å². The molecule has 0 heterocycles. The second-order valence-electron chi connectivity index (χ2n) is 5.21. The maximum atomic E-state index is 12.1. The van der Waals surface area contributed by atoms with E-state index in [0.29, 0.717) is 0 Å². The summed E-state index contributed by atoms with van der Waals surface area (Å²) in [4.78, 5) is 22.6. The Morgan fingerprint density at radius 1 is 1.30 bits per heavy atom. The molecule has 1 aliphatic rings. The lowest BCUT2D eigenvalue weighted by molar-refractivity contribution is -0.131. The monoisotopic (exact) mass is 273 g/mol. The molecule has 0 radical (unpaired) electrons. The van der Waals surface area contributed by atoms with Crippen LogP contribution in [0.3, 0.4) is 0 Å². The van der Waals surface area contributed by atoms with Crippen molar-refractivity contribution >= 4 is 23.6 Å². The Balaban J connectivity index is 2.10. The van der Waals surface area contributed by atoms with Gasteiger partial charge in [0.1, 0.15) is 0 Å². The van der Waals surface area contributed by atoms with E-state index in [1.807, 2.05) is 25.1 Å². The summed E-state index contributed by atoms with van der Waals surface area (Å²) in [6.07, 6.45) is 6.82. The second-order valence-corrected chi connectivity index (χ2v) is 5.21. The van der Waals surface area contributed by atoms with E-state index in [4.69, 9.17) is 5.11 Å². The molecule has 0 aromatic heterocycles. The molecule has 0 saturated heterocycles. The normalized spacial score (nSPS) is 15.7. The molecular formula is C16H19NO3. The molecule has 1 aliphatic carbocycles. The third-order valence-electron chi connectivity index (χ3n) is 3.68. The van der Waals surface area contributed by atoms with Gasteiger partial charge in [-0.15, -0.1) is 0 Å². The molecule has 0 aliphatic heterocycles. The fraction of sp³-hybridized carbons (Fsp3) is 0.375. The topological polar surface area (TPSA) is 66.4 Å². The van der Waals surface area contributed by atoms with Crippen molar-refractivity contribution in [2.75, 3.05) is 5.32 Å². The number of benzene rings is 1. The zero-order chi connectivity index (χ0) is 14.5. The fourth-order valence-corrected chi connectivity index (χ4v) is 2.49. The number of carboxylic acid groups (broad SMARTS) is 1. The zero-order valence-electron chi connectivity index (χ0n) is 11.6. The van der Waals surface area contributed by atoms with Crippen molar-refractivity contribution in [3.8, 4) is 0 Å². The molecule has 1 saturated carbocycles. The van der Waals surface area contributed by atoms with Gasteiger partial charge in [-0.1, -0.05) is 18.9 Å². The number of amides is 1. The number of rotatable bonds is 4. The summed E-state index contributed by atoms with van der Waals surface area (Å²) < 4.78 is 0. The van der Waals surface area contributed by atoms with Crippen LogP contribution >= 0.6 is 0 Å². The highest BCUT2D eigenvalue weighted by Gasteiger charge is 2.22. The Bertz CT molecular complexity index is 543. The quantitative estimate of drug-likeness (QED) is 0.828. The lowest BCUT2D eigenvalue weighted by atomic mass is 10.1. The van der Waals surface area contributed by atoms with Gasteiger partial charge in [0.05, 0.1) is 0 Å². The van der Waals surface area contributed by atoms with Crippen LogP contribution in [0.1, 0.15) is 36.8 Å². The number of hydrogen-bond acceptors (Lipinski definition) is 2. The molecule has 1 fully saturated rings. The lowest BCUT2D eigenvalue weighted by Gasteiger charge is -2.11. The minimum atomic E-state index is -0.982. The van der Waals surface area contributed by atoms with E-state index in [9.17, 15) is 9.59 Å². The summed E-state index contributed by atoms with van der Waals surface area (Å²) in [5.41, 5.74) is 2.50. The Labute approximate surface area is 118 Å². The molecule has 1 amide bonds. The number of carbonyl (C=O) groups is 2. The average Bonchev–Trinajstić information content (AvgIpc) is 2.93. The molecule has 4 heteroatoms. The van der Waals surface area contributed by atoms with E-state index in [1.165, 1.54) is 0 Å². The Morgan fingerprint density at radius 2 is 2.00 bits per heavy atom. The number of hydrogen-bond donors (Lipinski definition) is 2. The predicted octanol–water partition coefficient (Wildman–Crippen LogP) is 3.22. The molecule has 2 N–H and O–H groups in total. The first kappa shape index (κ1) is 14.3. The van der Waals surface area contributed by atoms with Crippen molar-refractivity contribution in [1.82, 2.24) is 0 Å². The van der Waals surface area contributed by atoms with Gasteiger partial charge in [0.25, 0.3) is 0 Å². The molecule has 2 rings (SSSR count). The van der Waals surface area contributed by atoms with E-state index in [-0.39, 0.29) is 11.8 Å². The second kappa shape index (κ2) is 6.37. The first-order valence-electron chi connectivity index (χ1n) is 6.89. The predicted molar refractivity (Wildman–Crippen MR) is 78.4 cm³/mol. The Hall–Kier alpha value is -2.10. The summed E-state index contributed by atoms with van der Waals surface area (Å²) in [5.74, 6) is -0.793. The highest BCUT2D eigenvalue weighted by molar-refractivity contribution is 5.93. The van der Waals surface area contributed by atoms with Crippen LogP contribution in [0, 0.1) is 12.8 Å². The van der Waals surface area contributed by atoms with E-state index in [2.05, 4.69) is 5.32 Å². The van der Waals surface area contributed by atoms with Crippen molar-refractivity contribution in [3.05, 3.63) is 35.4 Å². The first-order valence-corrected chi connectivity index (χ1v) is 6.89. The smallest absolute Gasteiger partial charge is 0.328 e. The van der Waals surface area contributed by atoms with Gasteiger partial charge >= 0.3 is 5.97 Å². The SMILES string of the molecule is Cc1ccc(NC(=O)C2CCCC2)cc1C=CC(=O)O. The maximum Gasteiger partial charge on any atom is 0.328 e. The molecule has 0 spiro atoms. The van der Waals surface area contributed by atoms with Crippen molar-refractivity contribution in [3.63, 3.8) is 0 Å². The highest BCUT2D eigenvalue weighted by atomic mass is 16.4. The highest BCUT2D eigenvalue weighted by Crippen LogP contribution is 2.26. The number of aryl methyl sites for hydroxylation is 1. The maximum absolute atomic E-state index is 12.1. The van der Waals surface area contributed by atoms with Gasteiger partial charge in [-0.05, 0) is 49.1 Å². The van der Waals surface area contributed by atoms with Crippen LogP contribution in [0.15, 0.2) is 24.3 Å². The van der Waals surface area contributed by atoms with Crippen molar-refractivity contribution in [2.24, 2.45) is 5.92 Å². The molecule has 0 atom stereocenters. The molecule has 20 heavy (non-hydrogen) atoms. The Kier molecular flexibility index (Phi) is 4.56. The number of carbonyl (C=O) groups excluding carboxylic acids is 1. The van der Waals surface area contributed by atoms with E-state index >= 15 is 0 Å². The largest absolute Gasteiger partial charge is 0.478 e. The summed E-state index contributed by atoms with van der Waals surface area (Å²) >= 11 is 0. The number of aliphatic carboxylic acids is 1. The molecule has 0 bridgehead atoms. The van der Waals surface area contributed by atoms with Crippen LogP contribution in [0.5, 0.6) is 0 Å². The van der Waals surface area contributed by atoms with Crippen LogP contribution in [0.4, 0.5) is 5.69 Å². The number of anilines is 1. The average molecular weight is 273 g/mol. The standard InChI is InChI=1S/C16H19NO3/c1-11-6-8-14(10-13(11)7-9-15(18)19)17-16(20)12-4-2-3-5-12/h6-10,12H,2-5H2,1H3,(H,17,20)(H,18,19). The lowest BCUT2D eigenvalue weighted by Crippen LogP contribution is -2.20. The summed E-state index contributed by atoms with van der Waals surface area (Å²) in [6, 6.07) is 5.54. The summed E-state index contributed by atoms with van der Waals surface area (Å²) in [6.45, 7) is 1.91. The molecule has 4 nitrogen and oxygen atoms in total. The van der Waals surface area contributed by atoms with Gasteiger partial charge in [0.15, 0.2) is 0 Å². The fourth-order valence-electron chi connectivity index (χ4n) is 2.49. The van der Waals surface area contributed by atoms with Gasteiger partial charge in [-0.25, -0.2) is 4.79 Å². The van der Waals surface area contributed by atoms with Gasteiger partial charge in [-0.2, -0.15) is 0 Å². The van der Waals surface area contributed by atoms with E-state index in [0.717, 1.165) is 48.6 Å². The molecular weight excluding hydrogens is 254 g/mol. The molecule has 106 valence electrons. The van der Waals surface area contributed by atoms with Gasteiger partial charge < -0.3 is 10.4 Å². The van der Waals surface area contributed by atoms with Crippen LogP contribution in [0.2, 0.25) is 0 Å². The van der Waals surface area contributed by atoms with Crippen molar-refractivity contribution < 1.29 is 14.7 Å². The third-order valence-corrected chi connectivity index (χ3v) is 3.68. The van der Waals surface area contributed by atoms with Crippen LogP contribution in [-0.2, 0) is 9.59 Å². The van der Waals surface area contributed by atoms with Crippen molar-refractivity contribution in [1.29, 1.82) is 0 Å². The van der Waals surface area contributed by atoms with Crippen LogP contribution < -0.4 is 5.32 Å². The molecule has 0 unspecified atom stereocenters. The minimum Gasteiger partial charge on any atom is -0.478 e. The van der Waals surface area contributed by atoms with Gasteiger partial charge in [0.2, 0.25) is 5.91 Å². The number of carboxylic acids is 1. The minimum absolute atomic E-state index is 0.0690. The van der Waals surface area contributed by atoms with Crippen LogP contribution in [0.25, 0.3) is 6.08 Å². The summed E-state index contributed by atoms with van der Waals surface area (Å²) in [7, 11) is 0. The Morgan fingerprint density at radius 3 is 2.65 bits per heavy atom. The van der Waals surface area contributed by atoms with E-state index < -0.39 is 5.97 Å². The van der Waals surface area contributed by atoms with Gasteiger partial charge in [-0.3, -0.25) is 4.79 Å². The van der Waals surface area contributed by atoms with Crippen LogP contribution in [-0.4, -0.2) is 17.0 Å². The molecule has 1 aromatic carbocycles. The first-order chi connectivity index (χ1) is 9.56. The third kappa shape index (κ3) is 3.70. The summed E-state index contributed by atoms with van der Waals surface area (Å²) in [5, 5.41) is 11.6. The zero-order valence-corrected chi connectivity index (χ0v) is 11.6. The molecule has 1 aromatic rings. The van der Waals surface area contributed by atoms with Gasteiger partial charge in [0, 0.05) is 17.7 Å².